The van der Waals surface area contributed by atoms with Gasteiger partial charge in [-0.05, 0) is 54.8 Å². The number of nitrogens with zero attached hydrogens (tertiary/aromatic N) is 1. The summed E-state index contributed by atoms with van der Waals surface area (Å²) in [5, 5.41) is 7.75. The van der Waals surface area contributed by atoms with E-state index in [4.69, 9.17) is 0 Å². The van der Waals surface area contributed by atoms with Crippen LogP contribution in [0.1, 0.15) is 42.1 Å². The van der Waals surface area contributed by atoms with Crippen molar-refractivity contribution in [2.24, 2.45) is 0 Å². The molecule has 2 aliphatic rings. The molecule has 11 heteroatoms. The second-order valence-electron chi connectivity index (χ2n) is 8.56. The number of amides is 4. The number of piperidine rings is 1. The number of hydrogen-bond donors (Lipinski definition) is 3. The molecule has 1 unspecified atom stereocenters. The fourth-order valence-electron chi connectivity index (χ4n) is 4.39. The van der Waals surface area contributed by atoms with Gasteiger partial charge in [0.15, 0.2) is 0 Å². The first kappa shape index (κ1) is 24.6. The number of anilines is 1. The van der Waals surface area contributed by atoms with Gasteiger partial charge in [0, 0.05) is 30.8 Å². The second kappa shape index (κ2) is 9.59. The summed E-state index contributed by atoms with van der Waals surface area (Å²) in [6.45, 7) is 2.09. The van der Waals surface area contributed by atoms with Crippen LogP contribution in [0.25, 0.3) is 0 Å². The fraction of sp³-hybridized carbons (Fsp3) is 0.333. The van der Waals surface area contributed by atoms with Gasteiger partial charge in [-0.3, -0.25) is 24.5 Å². The van der Waals surface area contributed by atoms with Gasteiger partial charge in [-0.25, -0.2) is 8.42 Å². The lowest BCUT2D eigenvalue weighted by Crippen LogP contribution is -2.51. The van der Waals surface area contributed by atoms with Crippen LogP contribution in [0, 0.1) is 0 Å². The van der Waals surface area contributed by atoms with E-state index in [-0.39, 0.29) is 54.2 Å². The zero-order valence-corrected chi connectivity index (χ0v) is 20.0. The van der Waals surface area contributed by atoms with Crippen LogP contribution in [0.15, 0.2) is 53.4 Å². The Morgan fingerprint density at radius 1 is 1.03 bits per heavy atom. The molecule has 0 spiro atoms. The van der Waals surface area contributed by atoms with Gasteiger partial charge in [-0.15, -0.1) is 0 Å². The molecule has 2 aromatic carbocycles. The predicted octanol–water partition coefficient (Wildman–Crippen LogP) is 1.14. The standard InChI is InChI=1S/C24H26N4O6S/c1-2-24(12-11-20(29)27-23(24)32)17-5-7-18(8-6-17)26-22(31)16-3-9-19(10-4-16)35(33,34)28-14-13-25-21(30)15-28/h3-10H,2,11-15H2,1H3,(H,25,30)(H,26,31)(H,27,29,32). The molecule has 0 radical (unpaired) electrons. The molecule has 2 aliphatic heterocycles. The van der Waals surface area contributed by atoms with E-state index >= 15 is 0 Å². The van der Waals surface area contributed by atoms with Crippen molar-refractivity contribution >= 4 is 39.3 Å². The number of rotatable bonds is 6. The number of carbonyl (C=O) groups is 4. The highest BCUT2D eigenvalue weighted by atomic mass is 32.2. The monoisotopic (exact) mass is 498 g/mol. The van der Waals surface area contributed by atoms with Crippen molar-refractivity contribution in [1.82, 2.24) is 14.9 Å². The smallest absolute Gasteiger partial charge is 0.255 e. The number of piperazine rings is 1. The van der Waals surface area contributed by atoms with Gasteiger partial charge in [0.2, 0.25) is 27.7 Å². The summed E-state index contributed by atoms with van der Waals surface area (Å²) in [6.07, 6.45) is 1.24. The molecular weight excluding hydrogens is 472 g/mol. The Morgan fingerprint density at radius 2 is 1.71 bits per heavy atom. The van der Waals surface area contributed by atoms with Gasteiger partial charge < -0.3 is 10.6 Å². The van der Waals surface area contributed by atoms with Crippen LogP contribution in [0.3, 0.4) is 0 Å². The van der Waals surface area contributed by atoms with Crippen molar-refractivity contribution in [3.63, 3.8) is 0 Å². The van der Waals surface area contributed by atoms with Crippen molar-refractivity contribution < 1.29 is 27.6 Å². The van der Waals surface area contributed by atoms with Crippen LogP contribution in [-0.4, -0.2) is 56.0 Å². The molecule has 2 aromatic rings. The molecule has 184 valence electrons. The van der Waals surface area contributed by atoms with Gasteiger partial charge in [-0.2, -0.15) is 4.31 Å². The van der Waals surface area contributed by atoms with Gasteiger partial charge >= 0.3 is 0 Å². The third-order valence-corrected chi connectivity index (χ3v) is 8.38. The maximum Gasteiger partial charge on any atom is 0.255 e. The first-order valence-corrected chi connectivity index (χ1v) is 12.7. The average molecular weight is 499 g/mol. The molecule has 0 aromatic heterocycles. The van der Waals surface area contributed by atoms with E-state index in [1.165, 1.54) is 24.3 Å². The number of sulfonamides is 1. The Bertz CT molecular complexity index is 1270. The molecule has 2 fully saturated rings. The Kier molecular flexibility index (Phi) is 6.73. The lowest BCUT2D eigenvalue weighted by molar-refractivity contribution is -0.138. The van der Waals surface area contributed by atoms with E-state index in [0.717, 1.165) is 9.87 Å². The molecule has 10 nitrogen and oxygen atoms in total. The molecule has 1 atom stereocenters. The lowest BCUT2D eigenvalue weighted by atomic mass is 9.72. The summed E-state index contributed by atoms with van der Waals surface area (Å²) in [5.74, 6) is -1.37. The minimum atomic E-state index is -3.84. The van der Waals surface area contributed by atoms with Crippen molar-refractivity contribution in [2.75, 3.05) is 25.0 Å². The van der Waals surface area contributed by atoms with Crippen molar-refractivity contribution in [3.8, 4) is 0 Å². The van der Waals surface area contributed by atoms with Crippen molar-refractivity contribution in [2.45, 2.75) is 36.5 Å². The van der Waals surface area contributed by atoms with E-state index in [2.05, 4.69) is 16.0 Å². The summed E-state index contributed by atoms with van der Waals surface area (Å²) in [6, 6.07) is 12.4. The van der Waals surface area contributed by atoms with Gasteiger partial charge in [0.25, 0.3) is 5.91 Å². The third kappa shape index (κ3) is 4.82. The fourth-order valence-corrected chi connectivity index (χ4v) is 5.79. The zero-order chi connectivity index (χ0) is 25.2. The molecule has 0 bridgehead atoms. The minimum Gasteiger partial charge on any atom is -0.354 e. The van der Waals surface area contributed by atoms with Gasteiger partial charge in [0.05, 0.1) is 16.9 Å². The number of nitrogens with one attached hydrogen (secondary N) is 3. The highest BCUT2D eigenvalue weighted by molar-refractivity contribution is 7.89. The van der Waals surface area contributed by atoms with Crippen LogP contribution in [0.4, 0.5) is 5.69 Å². The summed E-state index contributed by atoms with van der Waals surface area (Å²) in [4.78, 5) is 48.3. The summed E-state index contributed by atoms with van der Waals surface area (Å²) in [5.41, 5.74) is 0.754. The van der Waals surface area contributed by atoms with Crippen LogP contribution in [0.2, 0.25) is 0 Å². The maximum atomic E-state index is 12.8. The number of imide groups is 1. The van der Waals surface area contributed by atoms with E-state index in [9.17, 15) is 27.6 Å². The van der Waals surface area contributed by atoms with Gasteiger partial charge in [0.1, 0.15) is 0 Å². The number of hydrogen-bond acceptors (Lipinski definition) is 6. The molecule has 2 heterocycles. The van der Waals surface area contributed by atoms with Crippen LogP contribution in [0.5, 0.6) is 0 Å². The highest BCUT2D eigenvalue weighted by Gasteiger charge is 2.42. The predicted molar refractivity (Wildman–Crippen MR) is 127 cm³/mol. The SMILES string of the molecule is CCC1(c2ccc(NC(=O)c3ccc(S(=O)(=O)N4CCNC(=O)C4)cc3)cc2)CCC(=O)NC1=O. The summed E-state index contributed by atoms with van der Waals surface area (Å²) in [7, 11) is -3.84. The van der Waals surface area contributed by atoms with Crippen molar-refractivity contribution in [1.29, 1.82) is 0 Å². The first-order valence-electron chi connectivity index (χ1n) is 11.3. The molecular formula is C24H26N4O6S. The Labute approximate surface area is 203 Å². The van der Waals surface area contributed by atoms with E-state index in [0.29, 0.717) is 18.5 Å². The molecule has 3 N–H and O–H groups in total. The first-order chi connectivity index (χ1) is 16.7. The van der Waals surface area contributed by atoms with Crippen molar-refractivity contribution in [3.05, 3.63) is 59.7 Å². The van der Waals surface area contributed by atoms with Gasteiger partial charge in [-0.1, -0.05) is 19.1 Å². The Morgan fingerprint density at radius 3 is 2.31 bits per heavy atom. The maximum absolute atomic E-state index is 12.8. The average Bonchev–Trinajstić information content (AvgIpc) is 2.85. The molecule has 0 aliphatic carbocycles. The van der Waals surface area contributed by atoms with E-state index < -0.39 is 21.3 Å². The van der Waals surface area contributed by atoms with Crippen LogP contribution < -0.4 is 16.0 Å². The minimum absolute atomic E-state index is 0.00204. The Hall–Kier alpha value is -3.57. The molecule has 0 saturated carbocycles. The molecule has 35 heavy (non-hydrogen) atoms. The third-order valence-electron chi connectivity index (χ3n) is 6.52. The zero-order valence-electron chi connectivity index (χ0n) is 19.2. The van der Waals surface area contributed by atoms with Crippen LogP contribution in [-0.2, 0) is 29.8 Å². The summed E-state index contributed by atoms with van der Waals surface area (Å²) < 4.78 is 26.6. The largest absolute Gasteiger partial charge is 0.354 e. The summed E-state index contributed by atoms with van der Waals surface area (Å²) >= 11 is 0. The van der Waals surface area contributed by atoms with Crippen LogP contribution >= 0.6 is 0 Å². The molecule has 4 amide bonds. The second-order valence-corrected chi connectivity index (χ2v) is 10.5. The number of carbonyl (C=O) groups excluding carboxylic acids is 4. The number of benzene rings is 2. The van der Waals surface area contributed by atoms with E-state index in [1.807, 2.05) is 6.92 Å². The lowest BCUT2D eigenvalue weighted by Gasteiger charge is -2.35. The Balaban J connectivity index is 1.45. The molecule has 4 rings (SSSR count). The molecule has 2 saturated heterocycles. The van der Waals surface area contributed by atoms with E-state index in [1.54, 1.807) is 24.3 Å². The normalized spacial score (nSPS) is 21.2. The topological polar surface area (TPSA) is 142 Å². The quantitative estimate of drug-likeness (QED) is 0.510. The highest BCUT2D eigenvalue weighted by Crippen LogP contribution is 2.36.